The zero-order valence-electron chi connectivity index (χ0n) is 12.4. The molecule has 2 unspecified atom stereocenters. The largest absolute Gasteiger partial charge is 0.459 e. The molecule has 1 fully saturated rings. The summed E-state index contributed by atoms with van der Waals surface area (Å²) in [5.74, 6) is -0.230. The highest BCUT2D eigenvalue weighted by atomic mass is 16.6. The van der Waals surface area contributed by atoms with Crippen molar-refractivity contribution >= 4 is 12.1 Å². The number of nitrogens with one attached hydrogen (secondary N) is 1. The minimum absolute atomic E-state index is 0.0253. The molecule has 0 aromatic heterocycles. The lowest BCUT2D eigenvalue weighted by molar-refractivity contribution is -0.160. The molecule has 6 nitrogen and oxygen atoms in total. The molecule has 6 heteroatoms. The monoisotopic (exact) mass is 272 g/mol. The summed E-state index contributed by atoms with van der Waals surface area (Å²) in [4.78, 5) is 25.1. The quantitative estimate of drug-likeness (QED) is 0.781. The lowest BCUT2D eigenvalue weighted by atomic mass is 10.2. The number of carbonyl (C=O) groups is 2. The molecule has 1 saturated heterocycles. The van der Waals surface area contributed by atoms with Gasteiger partial charge in [0.1, 0.15) is 11.6 Å². The van der Waals surface area contributed by atoms with Gasteiger partial charge >= 0.3 is 12.1 Å². The molecule has 1 amide bonds. The number of methoxy groups -OCH3 is 1. The Morgan fingerprint density at radius 2 is 2.00 bits per heavy atom. The van der Waals surface area contributed by atoms with Gasteiger partial charge in [-0.3, -0.25) is 9.69 Å². The number of alkyl carbamates (subject to hydrolysis) is 1. The number of esters is 1. The third kappa shape index (κ3) is 5.06. The van der Waals surface area contributed by atoms with Gasteiger partial charge < -0.3 is 14.8 Å². The first-order valence-electron chi connectivity index (χ1n) is 6.54. The summed E-state index contributed by atoms with van der Waals surface area (Å²) in [5.41, 5.74) is -0.477. The molecule has 0 aliphatic carbocycles. The maximum atomic E-state index is 12.0. The fraction of sp³-hybridized carbons (Fsp3) is 0.846. The van der Waals surface area contributed by atoms with E-state index in [1.165, 1.54) is 7.11 Å². The van der Waals surface area contributed by atoms with Crippen LogP contribution in [0.5, 0.6) is 0 Å². The third-order valence-electron chi connectivity index (χ3n) is 3.02. The first-order chi connectivity index (χ1) is 8.73. The van der Waals surface area contributed by atoms with Crippen LogP contribution >= 0.6 is 0 Å². The summed E-state index contributed by atoms with van der Waals surface area (Å²) in [6, 6.07) is -0.277. The van der Waals surface area contributed by atoms with E-state index >= 15 is 0 Å². The summed E-state index contributed by atoms with van der Waals surface area (Å²) < 4.78 is 9.92. The first kappa shape index (κ1) is 15.8. The Labute approximate surface area is 114 Å². The first-order valence-corrected chi connectivity index (χ1v) is 6.54. The van der Waals surface area contributed by atoms with E-state index < -0.39 is 11.7 Å². The highest BCUT2D eigenvalue weighted by Gasteiger charge is 2.32. The molecule has 1 N–H and O–H groups in total. The molecule has 19 heavy (non-hydrogen) atoms. The average Bonchev–Trinajstić information content (AvgIpc) is 2.73. The Hall–Kier alpha value is -1.30. The summed E-state index contributed by atoms with van der Waals surface area (Å²) in [5, 5.41) is 2.75. The van der Waals surface area contributed by atoms with Crippen LogP contribution in [0.25, 0.3) is 0 Å². The SMILES string of the molecule is COC(=O)NC1CCN(C(C)C(=O)OC(C)(C)C)C1. The van der Waals surface area contributed by atoms with E-state index in [-0.39, 0.29) is 18.1 Å². The number of hydrogen-bond donors (Lipinski definition) is 1. The predicted molar refractivity (Wildman–Crippen MR) is 70.8 cm³/mol. The van der Waals surface area contributed by atoms with Crippen molar-refractivity contribution in [3.63, 3.8) is 0 Å². The summed E-state index contributed by atoms with van der Waals surface area (Å²) in [7, 11) is 1.34. The van der Waals surface area contributed by atoms with E-state index in [1.807, 2.05) is 32.6 Å². The second-order valence-electron chi connectivity index (χ2n) is 5.83. The Bertz CT molecular complexity index is 338. The van der Waals surface area contributed by atoms with Crippen LogP contribution in [0.15, 0.2) is 0 Å². The van der Waals surface area contributed by atoms with Crippen molar-refractivity contribution in [2.75, 3.05) is 20.2 Å². The van der Waals surface area contributed by atoms with Crippen LogP contribution in [-0.2, 0) is 14.3 Å². The van der Waals surface area contributed by atoms with Crippen molar-refractivity contribution < 1.29 is 19.1 Å². The summed E-state index contributed by atoms with van der Waals surface area (Å²) >= 11 is 0. The van der Waals surface area contributed by atoms with Crippen LogP contribution in [-0.4, -0.2) is 54.8 Å². The molecule has 1 rings (SSSR count). The normalized spacial score (nSPS) is 21.8. The van der Waals surface area contributed by atoms with Gasteiger partial charge in [0.15, 0.2) is 0 Å². The molecular weight excluding hydrogens is 248 g/mol. The standard InChI is InChI=1S/C13H24N2O4/c1-9(11(16)19-13(2,3)4)15-7-6-10(8-15)14-12(17)18-5/h9-10H,6-8H2,1-5H3,(H,14,17). The second kappa shape index (κ2) is 6.23. The Balaban J connectivity index is 2.45. The van der Waals surface area contributed by atoms with Crippen LogP contribution in [0.4, 0.5) is 4.79 Å². The highest BCUT2D eigenvalue weighted by Crippen LogP contribution is 2.16. The lowest BCUT2D eigenvalue weighted by Crippen LogP contribution is -2.43. The van der Waals surface area contributed by atoms with Gasteiger partial charge in [-0.05, 0) is 34.1 Å². The van der Waals surface area contributed by atoms with Crippen LogP contribution in [0, 0.1) is 0 Å². The molecule has 0 spiro atoms. The maximum Gasteiger partial charge on any atom is 0.407 e. The van der Waals surface area contributed by atoms with Gasteiger partial charge in [-0.15, -0.1) is 0 Å². The van der Waals surface area contributed by atoms with Gasteiger partial charge in [-0.1, -0.05) is 0 Å². The fourth-order valence-electron chi connectivity index (χ4n) is 2.02. The Morgan fingerprint density at radius 1 is 1.37 bits per heavy atom. The number of rotatable bonds is 3. The van der Waals surface area contributed by atoms with Crippen molar-refractivity contribution in [3.8, 4) is 0 Å². The molecule has 0 bridgehead atoms. The highest BCUT2D eigenvalue weighted by molar-refractivity contribution is 5.75. The second-order valence-corrected chi connectivity index (χ2v) is 5.83. The van der Waals surface area contributed by atoms with E-state index in [2.05, 4.69) is 10.1 Å². The molecule has 0 aromatic carbocycles. The minimum Gasteiger partial charge on any atom is -0.459 e. The molecule has 0 aromatic rings. The van der Waals surface area contributed by atoms with Crippen molar-refractivity contribution in [2.24, 2.45) is 0 Å². The van der Waals surface area contributed by atoms with Crippen molar-refractivity contribution in [3.05, 3.63) is 0 Å². The van der Waals surface area contributed by atoms with Crippen molar-refractivity contribution in [1.82, 2.24) is 10.2 Å². The van der Waals surface area contributed by atoms with Gasteiger partial charge in [0.2, 0.25) is 0 Å². The van der Waals surface area contributed by atoms with E-state index in [0.29, 0.717) is 6.54 Å². The number of amides is 1. The van der Waals surface area contributed by atoms with Crippen LogP contribution in [0.2, 0.25) is 0 Å². The van der Waals surface area contributed by atoms with E-state index in [9.17, 15) is 9.59 Å². The predicted octanol–water partition coefficient (Wildman–Crippen LogP) is 1.15. The topological polar surface area (TPSA) is 67.9 Å². The summed E-state index contributed by atoms with van der Waals surface area (Å²) in [6.45, 7) is 8.77. The summed E-state index contributed by atoms with van der Waals surface area (Å²) in [6.07, 6.45) is 0.374. The van der Waals surface area contributed by atoms with Crippen LogP contribution in [0.3, 0.4) is 0 Å². The smallest absolute Gasteiger partial charge is 0.407 e. The van der Waals surface area contributed by atoms with Gasteiger partial charge in [-0.25, -0.2) is 4.79 Å². The van der Waals surface area contributed by atoms with Gasteiger partial charge in [0.05, 0.1) is 7.11 Å². The Morgan fingerprint density at radius 3 is 2.53 bits per heavy atom. The number of likely N-dealkylation sites (tertiary alicyclic amines) is 1. The molecule has 1 aliphatic heterocycles. The van der Waals surface area contributed by atoms with Gasteiger partial charge in [-0.2, -0.15) is 0 Å². The molecule has 2 atom stereocenters. The zero-order chi connectivity index (χ0) is 14.6. The van der Waals surface area contributed by atoms with E-state index in [4.69, 9.17) is 4.74 Å². The third-order valence-corrected chi connectivity index (χ3v) is 3.02. The fourth-order valence-corrected chi connectivity index (χ4v) is 2.02. The number of ether oxygens (including phenoxy) is 2. The average molecular weight is 272 g/mol. The van der Waals surface area contributed by atoms with Gasteiger partial charge in [0.25, 0.3) is 0 Å². The molecular formula is C13H24N2O4. The lowest BCUT2D eigenvalue weighted by Gasteiger charge is -2.27. The molecule has 1 heterocycles. The number of nitrogens with zero attached hydrogens (tertiary/aromatic N) is 1. The van der Waals surface area contributed by atoms with E-state index in [1.54, 1.807) is 0 Å². The maximum absolute atomic E-state index is 12.0. The minimum atomic E-state index is -0.477. The van der Waals surface area contributed by atoms with E-state index in [0.717, 1.165) is 13.0 Å². The number of carbonyl (C=O) groups excluding carboxylic acids is 2. The molecule has 110 valence electrons. The van der Waals surface area contributed by atoms with Crippen LogP contribution in [0.1, 0.15) is 34.1 Å². The van der Waals surface area contributed by atoms with Crippen molar-refractivity contribution in [2.45, 2.75) is 51.8 Å². The molecule has 1 aliphatic rings. The zero-order valence-corrected chi connectivity index (χ0v) is 12.4. The van der Waals surface area contributed by atoms with Crippen LogP contribution < -0.4 is 5.32 Å². The number of hydrogen-bond acceptors (Lipinski definition) is 5. The molecule has 0 radical (unpaired) electrons. The molecule has 0 saturated carbocycles. The van der Waals surface area contributed by atoms with Crippen molar-refractivity contribution in [1.29, 1.82) is 0 Å². The van der Waals surface area contributed by atoms with Gasteiger partial charge in [0, 0.05) is 19.1 Å². The Kier molecular flexibility index (Phi) is 5.17.